The number of carbonyl (C=O) groups excluding carboxylic acids is 1. The largest absolute Gasteiger partial charge is 0.454 e. The van der Waals surface area contributed by atoms with E-state index in [0.717, 1.165) is 43.0 Å². The van der Waals surface area contributed by atoms with E-state index in [1.807, 2.05) is 29.2 Å². The van der Waals surface area contributed by atoms with Gasteiger partial charge >= 0.3 is 0 Å². The summed E-state index contributed by atoms with van der Waals surface area (Å²) in [6, 6.07) is 9.49. The first-order valence-electron chi connectivity index (χ1n) is 9.17. The molecule has 2 aliphatic heterocycles. The number of carbonyl (C=O) groups is 1. The minimum atomic E-state index is 0.0976. The fraction of sp³-hybridized carbons (Fsp3) is 0.400. The number of amides is 1. The van der Waals surface area contributed by atoms with Crippen LogP contribution < -0.4 is 14.8 Å². The molecule has 4 rings (SSSR count). The zero-order valence-electron chi connectivity index (χ0n) is 14.7. The highest BCUT2D eigenvalue weighted by Crippen LogP contribution is 2.32. The molecule has 0 unspecified atom stereocenters. The molecule has 1 amide bonds. The van der Waals surface area contributed by atoms with Crippen LogP contribution >= 0.6 is 0 Å². The molecular weight excluding hydrogens is 330 g/mol. The van der Waals surface area contributed by atoms with Gasteiger partial charge in [0, 0.05) is 31.4 Å². The molecule has 0 atom stereocenters. The first-order valence-corrected chi connectivity index (χ1v) is 9.17. The topological polar surface area (TPSA) is 63.7 Å². The lowest BCUT2D eigenvalue weighted by Crippen LogP contribution is -2.31. The number of hydrogen-bond donors (Lipinski definition) is 1. The van der Waals surface area contributed by atoms with E-state index in [9.17, 15) is 4.79 Å². The normalized spacial score (nSPS) is 16.2. The van der Waals surface area contributed by atoms with Crippen molar-refractivity contribution in [3.63, 3.8) is 0 Å². The predicted molar refractivity (Wildman–Crippen MR) is 98.5 cm³/mol. The maximum atomic E-state index is 12.7. The Labute approximate surface area is 153 Å². The fourth-order valence-corrected chi connectivity index (χ4v) is 3.36. The van der Waals surface area contributed by atoms with E-state index in [1.54, 1.807) is 12.3 Å². The standard InChI is InChI=1S/C20H23N3O3/c24-20(23-9-3-1-2-4-10-23)16-7-8-21-19(12-16)22-13-15-5-6-17-18(11-15)26-14-25-17/h5-8,11-12H,1-4,9-10,13-14H2,(H,21,22). The van der Waals surface area contributed by atoms with Crippen molar-refractivity contribution >= 4 is 11.7 Å². The maximum absolute atomic E-state index is 12.7. The number of nitrogens with one attached hydrogen (secondary N) is 1. The molecule has 6 nitrogen and oxygen atoms in total. The quantitative estimate of drug-likeness (QED) is 0.912. The number of ether oxygens (including phenoxy) is 2. The molecule has 0 bridgehead atoms. The van der Waals surface area contributed by atoms with Crippen LogP contribution in [0.3, 0.4) is 0 Å². The third kappa shape index (κ3) is 3.74. The molecule has 26 heavy (non-hydrogen) atoms. The van der Waals surface area contributed by atoms with E-state index in [2.05, 4.69) is 10.3 Å². The summed E-state index contributed by atoms with van der Waals surface area (Å²) in [5, 5.41) is 3.28. The lowest BCUT2D eigenvalue weighted by atomic mass is 10.2. The second kappa shape index (κ2) is 7.64. The SMILES string of the molecule is O=C(c1ccnc(NCc2ccc3c(c2)OCO3)c1)N1CCCCCC1. The first-order chi connectivity index (χ1) is 12.8. The van der Waals surface area contributed by atoms with Gasteiger partial charge in [-0.1, -0.05) is 18.9 Å². The highest BCUT2D eigenvalue weighted by atomic mass is 16.7. The Balaban J connectivity index is 1.41. The van der Waals surface area contributed by atoms with Crippen LogP contribution in [0.4, 0.5) is 5.82 Å². The smallest absolute Gasteiger partial charge is 0.254 e. The van der Waals surface area contributed by atoms with Gasteiger partial charge in [0.25, 0.3) is 5.91 Å². The van der Waals surface area contributed by atoms with Crippen LogP contribution in [-0.2, 0) is 6.54 Å². The molecule has 3 heterocycles. The van der Waals surface area contributed by atoms with Crippen LogP contribution in [0.15, 0.2) is 36.5 Å². The van der Waals surface area contributed by atoms with Crippen molar-refractivity contribution in [1.29, 1.82) is 0 Å². The average molecular weight is 353 g/mol. The Kier molecular flexibility index (Phi) is 4.91. The number of fused-ring (bicyclic) bond motifs is 1. The number of rotatable bonds is 4. The first kappa shape index (κ1) is 16.7. The fourth-order valence-electron chi connectivity index (χ4n) is 3.36. The number of pyridine rings is 1. The molecular formula is C20H23N3O3. The van der Waals surface area contributed by atoms with Gasteiger partial charge in [-0.25, -0.2) is 4.98 Å². The monoisotopic (exact) mass is 353 g/mol. The lowest BCUT2D eigenvalue weighted by molar-refractivity contribution is 0.0761. The highest BCUT2D eigenvalue weighted by molar-refractivity contribution is 5.94. The number of likely N-dealkylation sites (tertiary alicyclic amines) is 1. The van der Waals surface area contributed by atoms with E-state index in [-0.39, 0.29) is 12.7 Å². The minimum absolute atomic E-state index is 0.0976. The predicted octanol–water partition coefficient (Wildman–Crippen LogP) is 3.44. The van der Waals surface area contributed by atoms with Crippen molar-refractivity contribution in [1.82, 2.24) is 9.88 Å². The van der Waals surface area contributed by atoms with Gasteiger partial charge in [0.15, 0.2) is 11.5 Å². The van der Waals surface area contributed by atoms with Gasteiger partial charge in [-0.2, -0.15) is 0 Å². The molecule has 1 N–H and O–H groups in total. The molecule has 136 valence electrons. The van der Waals surface area contributed by atoms with Gasteiger partial charge in [0.2, 0.25) is 6.79 Å². The zero-order valence-corrected chi connectivity index (χ0v) is 14.7. The second-order valence-electron chi connectivity index (χ2n) is 6.68. The second-order valence-corrected chi connectivity index (χ2v) is 6.68. The molecule has 0 radical (unpaired) electrons. The van der Waals surface area contributed by atoms with Crippen LogP contribution in [-0.4, -0.2) is 35.7 Å². The van der Waals surface area contributed by atoms with Gasteiger partial charge in [-0.3, -0.25) is 4.79 Å². The Morgan fingerprint density at radius 1 is 1.04 bits per heavy atom. The van der Waals surface area contributed by atoms with Crippen molar-refractivity contribution < 1.29 is 14.3 Å². The summed E-state index contributed by atoms with van der Waals surface area (Å²) in [4.78, 5) is 19.0. The maximum Gasteiger partial charge on any atom is 0.254 e. The van der Waals surface area contributed by atoms with Crippen molar-refractivity contribution in [2.45, 2.75) is 32.2 Å². The van der Waals surface area contributed by atoms with Crippen LogP contribution in [0.5, 0.6) is 11.5 Å². The molecule has 0 aliphatic carbocycles. The number of anilines is 1. The van der Waals surface area contributed by atoms with Gasteiger partial charge < -0.3 is 19.7 Å². The Morgan fingerprint density at radius 3 is 2.69 bits per heavy atom. The molecule has 2 aliphatic rings. The third-order valence-electron chi connectivity index (χ3n) is 4.81. The number of benzene rings is 1. The molecule has 1 fully saturated rings. The zero-order chi connectivity index (χ0) is 17.8. The molecule has 1 aromatic carbocycles. The van der Waals surface area contributed by atoms with Crippen molar-refractivity contribution in [2.75, 3.05) is 25.2 Å². The van der Waals surface area contributed by atoms with Crippen LogP contribution in [0, 0.1) is 0 Å². The number of aromatic nitrogens is 1. The summed E-state index contributed by atoms with van der Waals surface area (Å²) < 4.78 is 10.7. The molecule has 0 saturated carbocycles. The van der Waals surface area contributed by atoms with E-state index >= 15 is 0 Å². The molecule has 1 saturated heterocycles. The summed E-state index contributed by atoms with van der Waals surface area (Å²) in [7, 11) is 0. The van der Waals surface area contributed by atoms with Crippen LogP contribution in [0.1, 0.15) is 41.6 Å². The van der Waals surface area contributed by atoms with Crippen molar-refractivity contribution in [2.24, 2.45) is 0 Å². The average Bonchev–Trinajstić information content (AvgIpc) is 2.98. The highest BCUT2D eigenvalue weighted by Gasteiger charge is 2.18. The summed E-state index contributed by atoms with van der Waals surface area (Å²) >= 11 is 0. The van der Waals surface area contributed by atoms with Gasteiger partial charge in [0.1, 0.15) is 5.82 Å². The Morgan fingerprint density at radius 2 is 1.85 bits per heavy atom. The van der Waals surface area contributed by atoms with Crippen molar-refractivity contribution in [3.05, 3.63) is 47.7 Å². The van der Waals surface area contributed by atoms with E-state index in [0.29, 0.717) is 17.9 Å². The van der Waals surface area contributed by atoms with Gasteiger partial charge in [-0.05, 0) is 42.7 Å². The molecule has 0 spiro atoms. The third-order valence-corrected chi connectivity index (χ3v) is 4.81. The van der Waals surface area contributed by atoms with E-state index in [4.69, 9.17) is 9.47 Å². The minimum Gasteiger partial charge on any atom is -0.454 e. The molecule has 6 heteroatoms. The van der Waals surface area contributed by atoms with E-state index in [1.165, 1.54) is 12.8 Å². The van der Waals surface area contributed by atoms with Gasteiger partial charge in [0.05, 0.1) is 0 Å². The summed E-state index contributed by atoms with van der Waals surface area (Å²) in [6.07, 6.45) is 6.29. The Bertz CT molecular complexity index is 786. The van der Waals surface area contributed by atoms with Gasteiger partial charge in [-0.15, -0.1) is 0 Å². The summed E-state index contributed by atoms with van der Waals surface area (Å²) in [6.45, 7) is 2.57. The van der Waals surface area contributed by atoms with Crippen LogP contribution in [0.25, 0.3) is 0 Å². The molecule has 2 aromatic rings. The number of hydrogen-bond acceptors (Lipinski definition) is 5. The van der Waals surface area contributed by atoms with E-state index < -0.39 is 0 Å². The van der Waals surface area contributed by atoms with Crippen LogP contribution in [0.2, 0.25) is 0 Å². The molecule has 1 aromatic heterocycles. The lowest BCUT2D eigenvalue weighted by Gasteiger charge is -2.20. The number of nitrogens with zero attached hydrogens (tertiary/aromatic N) is 2. The summed E-state index contributed by atoms with van der Waals surface area (Å²) in [5.41, 5.74) is 1.76. The Hall–Kier alpha value is -2.76. The van der Waals surface area contributed by atoms with Crippen molar-refractivity contribution in [3.8, 4) is 11.5 Å². The summed E-state index contributed by atoms with van der Waals surface area (Å²) in [5.74, 6) is 2.34.